The number of ether oxygens (including phenoxy) is 2. The molecule has 0 bridgehead atoms. The Bertz CT molecular complexity index is 325. The molecular formula is C13H23NO3. The minimum absolute atomic E-state index is 0.0738. The maximum Gasteiger partial charge on any atom is 0.145 e. The summed E-state index contributed by atoms with van der Waals surface area (Å²) < 4.78 is 11.2. The monoisotopic (exact) mass is 241 g/mol. The van der Waals surface area contributed by atoms with Crippen LogP contribution in [-0.2, 0) is 14.3 Å². The van der Waals surface area contributed by atoms with Crippen molar-refractivity contribution in [3.05, 3.63) is 0 Å². The third-order valence-electron chi connectivity index (χ3n) is 3.91. The Morgan fingerprint density at radius 3 is 2.29 bits per heavy atom. The molecule has 2 fully saturated rings. The van der Waals surface area contributed by atoms with Crippen LogP contribution in [-0.4, -0.2) is 36.2 Å². The lowest BCUT2D eigenvalue weighted by atomic mass is 9.78. The molecule has 0 aliphatic carbocycles. The molecule has 3 atom stereocenters. The van der Waals surface area contributed by atoms with Crippen LogP contribution in [0.25, 0.3) is 0 Å². The van der Waals surface area contributed by atoms with Gasteiger partial charge < -0.3 is 15.2 Å². The van der Waals surface area contributed by atoms with Gasteiger partial charge in [0.05, 0.1) is 30.3 Å². The van der Waals surface area contributed by atoms with Crippen molar-refractivity contribution in [2.45, 2.75) is 51.4 Å². The lowest BCUT2D eigenvalue weighted by Gasteiger charge is -2.28. The van der Waals surface area contributed by atoms with E-state index in [1.54, 1.807) is 0 Å². The summed E-state index contributed by atoms with van der Waals surface area (Å²) in [4.78, 5) is 12.5. The van der Waals surface area contributed by atoms with Crippen LogP contribution in [0.4, 0.5) is 0 Å². The lowest BCUT2D eigenvalue weighted by molar-refractivity contribution is -0.133. The molecule has 0 radical (unpaired) electrons. The van der Waals surface area contributed by atoms with Gasteiger partial charge in [0.25, 0.3) is 0 Å². The number of rotatable bonds is 2. The minimum Gasteiger partial charge on any atom is -0.379 e. The van der Waals surface area contributed by atoms with E-state index in [0.717, 1.165) is 6.42 Å². The number of hydrogen-bond donors (Lipinski definition) is 1. The predicted molar refractivity (Wildman–Crippen MR) is 64.6 cm³/mol. The van der Waals surface area contributed by atoms with Gasteiger partial charge in [0.2, 0.25) is 0 Å². The van der Waals surface area contributed by atoms with E-state index < -0.39 is 5.60 Å². The highest BCUT2D eigenvalue weighted by Gasteiger charge is 2.51. The Morgan fingerprint density at radius 1 is 1.24 bits per heavy atom. The molecule has 0 aromatic rings. The Balaban J connectivity index is 2.14. The van der Waals surface area contributed by atoms with Crippen molar-refractivity contribution in [2.75, 3.05) is 13.2 Å². The van der Waals surface area contributed by atoms with Gasteiger partial charge in [0.1, 0.15) is 5.78 Å². The second-order valence-corrected chi connectivity index (χ2v) is 6.43. The third kappa shape index (κ3) is 2.39. The van der Waals surface area contributed by atoms with E-state index in [2.05, 4.69) is 0 Å². The molecular weight excluding hydrogens is 218 g/mol. The maximum atomic E-state index is 12.5. The molecule has 2 rings (SSSR count). The summed E-state index contributed by atoms with van der Waals surface area (Å²) in [5, 5.41) is 0. The number of ketones is 1. The highest BCUT2D eigenvalue weighted by molar-refractivity contribution is 5.86. The van der Waals surface area contributed by atoms with E-state index in [9.17, 15) is 4.79 Å². The quantitative estimate of drug-likeness (QED) is 0.787. The van der Waals surface area contributed by atoms with Gasteiger partial charge in [0, 0.05) is 12.0 Å². The first kappa shape index (κ1) is 13.0. The van der Waals surface area contributed by atoms with Gasteiger partial charge in [-0.3, -0.25) is 4.79 Å². The predicted octanol–water partition coefficient (Wildman–Crippen LogP) is 1.12. The summed E-state index contributed by atoms with van der Waals surface area (Å²) in [5.74, 6) is -0.0161. The van der Waals surface area contributed by atoms with Gasteiger partial charge >= 0.3 is 0 Å². The Labute approximate surface area is 103 Å². The largest absolute Gasteiger partial charge is 0.379 e. The average Bonchev–Trinajstić information content (AvgIpc) is 2.66. The van der Waals surface area contributed by atoms with Crippen LogP contribution in [0.3, 0.4) is 0 Å². The average molecular weight is 241 g/mol. The van der Waals surface area contributed by atoms with Crippen molar-refractivity contribution < 1.29 is 14.3 Å². The van der Waals surface area contributed by atoms with Crippen LogP contribution in [0.5, 0.6) is 0 Å². The van der Waals surface area contributed by atoms with Crippen LogP contribution < -0.4 is 5.73 Å². The standard InChI is InChI=1S/C13H23NO3/c1-12(2)5-9(13(3,4)17-12)11(15)8-6-16-7-10(8)14/h8-10H,5-7,14H2,1-4H3. The van der Waals surface area contributed by atoms with E-state index in [4.69, 9.17) is 15.2 Å². The molecule has 98 valence electrons. The molecule has 2 heterocycles. The van der Waals surface area contributed by atoms with Crippen molar-refractivity contribution in [1.82, 2.24) is 0 Å². The number of carbonyl (C=O) groups is 1. The van der Waals surface area contributed by atoms with Crippen molar-refractivity contribution in [3.63, 3.8) is 0 Å². The van der Waals surface area contributed by atoms with Crippen molar-refractivity contribution in [1.29, 1.82) is 0 Å². The third-order valence-corrected chi connectivity index (χ3v) is 3.91. The minimum atomic E-state index is -0.400. The summed E-state index contributed by atoms with van der Waals surface area (Å²) in [7, 11) is 0. The number of carbonyl (C=O) groups excluding carboxylic acids is 1. The zero-order chi connectivity index (χ0) is 12.8. The zero-order valence-electron chi connectivity index (χ0n) is 11.2. The van der Waals surface area contributed by atoms with Crippen molar-refractivity contribution in [3.8, 4) is 0 Å². The summed E-state index contributed by atoms with van der Waals surface area (Å²) >= 11 is 0. The molecule has 2 N–H and O–H groups in total. The van der Waals surface area contributed by atoms with E-state index in [1.165, 1.54) is 0 Å². The molecule has 4 heteroatoms. The second-order valence-electron chi connectivity index (χ2n) is 6.43. The molecule has 2 aliphatic heterocycles. The molecule has 0 aromatic heterocycles. The van der Waals surface area contributed by atoms with Crippen LogP contribution in [0.2, 0.25) is 0 Å². The fourth-order valence-electron chi connectivity index (χ4n) is 3.13. The molecule has 0 saturated carbocycles. The fraction of sp³-hybridized carbons (Fsp3) is 0.923. The molecule has 17 heavy (non-hydrogen) atoms. The van der Waals surface area contributed by atoms with Crippen LogP contribution in [0.15, 0.2) is 0 Å². The molecule has 4 nitrogen and oxygen atoms in total. The Kier molecular flexibility index (Phi) is 3.09. The Morgan fingerprint density at radius 2 is 1.88 bits per heavy atom. The highest BCUT2D eigenvalue weighted by atomic mass is 16.5. The van der Waals surface area contributed by atoms with E-state index in [-0.39, 0.29) is 29.3 Å². The molecule has 2 saturated heterocycles. The van der Waals surface area contributed by atoms with Crippen LogP contribution >= 0.6 is 0 Å². The van der Waals surface area contributed by atoms with Gasteiger partial charge in [-0.25, -0.2) is 0 Å². The topological polar surface area (TPSA) is 61.5 Å². The molecule has 0 aromatic carbocycles. The lowest BCUT2D eigenvalue weighted by Crippen LogP contribution is -2.42. The normalized spacial score (nSPS) is 39.5. The van der Waals surface area contributed by atoms with Gasteiger partial charge in [0.15, 0.2) is 0 Å². The number of hydrogen-bond acceptors (Lipinski definition) is 4. The summed E-state index contributed by atoms with van der Waals surface area (Å²) in [6.07, 6.45) is 0.766. The maximum absolute atomic E-state index is 12.5. The van der Waals surface area contributed by atoms with E-state index >= 15 is 0 Å². The summed E-state index contributed by atoms with van der Waals surface area (Å²) in [6, 6.07) is -0.151. The first-order valence-corrected chi connectivity index (χ1v) is 6.30. The number of nitrogens with two attached hydrogens (primary N) is 1. The molecule has 3 unspecified atom stereocenters. The smallest absolute Gasteiger partial charge is 0.145 e. The van der Waals surface area contributed by atoms with Gasteiger partial charge in [-0.2, -0.15) is 0 Å². The zero-order valence-corrected chi connectivity index (χ0v) is 11.2. The summed E-state index contributed by atoms with van der Waals surface area (Å²) in [5.41, 5.74) is 5.29. The van der Waals surface area contributed by atoms with Gasteiger partial charge in [-0.05, 0) is 34.1 Å². The number of Topliss-reactive ketones (excluding diaryl/α,β-unsaturated/α-hetero) is 1. The Hall–Kier alpha value is -0.450. The molecule has 0 amide bonds. The first-order valence-electron chi connectivity index (χ1n) is 6.30. The van der Waals surface area contributed by atoms with Gasteiger partial charge in [-0.15, -0.1) is 0 Å². The fourth-order valence-corrected chi connectivity index (χ4v) is 3.13. The van der Waals surface area contributed by atoms with E-state index in [0.29, 0.717) is 13.2 Å². The van der Waals surface area contributed by atoms with Crippen molar-refractivity contribution in [2.24, 2.45) is 17.6 Å². The summed E-state index contributed by atoms with van der Waals surface area (Å²) in [6.45, 7) is 9.01. The van der Waals surface area contributed by atoms with E-state index in [1.807, 2.05) is 27.7 Å². The second kappa shape index (κ2) is 4.04. The molecule has 0 spiro atoms. The van der Waals surface area contributed by atoms with Crippen LogP contribution in [0.1, 0.15) is 34.1 Å². The van der Waals surface area contributed by atoms with Crippen LogP contribution in [0, 0.1) is 11.8 Å². The molecule has 2 aliphatic rings. The first-order chi connectivity index (χ1) is 7.73. The van der Waals surface area contributed by atoms with Gasteiger partial charge in [-0.1, -0.05) is 0 Å². The highest BCUT2D eigenvalue weighted by Crippen LogP contribution is 2.43. The van der Waals surface area contributed by atoms with Crippen molar-refractivity contribution >= 4 is 5.78 Å². The SMILES string of the molecule is CC1(C)CC(C(=O)C2COCC2N)C(C)(C)O1.